The Morgan fingerprint density at radius 2 is 2.00 bits per heavy atom. The first-order valence-electron chi connectivity index (χ1n) is 4.86. The Balaban J connectivity index is 2.36. The molecule has 0 saturated carbocycles. The lowest BCUT2D eigenvalue weighted by molar-refractivity contribution is 0.957. The second kappa shape index (κ2) is 4.05. The summed E-state index contributed by atoms with van der Waals surface area (Å²) in [6, 6.07) is 12.4. The van der Waals surface area contributed by atoms with E-state index in [2.05, 4.69) is 29.8 Å². The average molecular weight is 183 g/mol. The third-order valence-electron chi connectivity index (χ3n) is 2.26. The molecule has 0 aliphatic carbocycles. The molecule has 0 atom stereocenters. The number of nitrogens with zero attached hydrogens (tertiary/aromatic N) is 1. The van der Waals surface area contributed by atoms with E-state index in [4.69, 9.17) is 0 Å². The summed E-state index contributed by atoms with van der Waals surface area (Å²) in [4.78, 5) is 4.56. The Kier molecular flexibility index (Phi) is 2.59. The number of para-hydroxylation sites is 1. The van der Waals surface area contributed by atoms with Crippen molar-refractivity contribution in [1.29, 1.82) is 0 Å². The molecule has 0 saturated heterocycles. The summed E-state index contributed by atoms with van der Waals surface area (Å²) >= 11 is 0. The van der Waals surface area contributed by atoms with Crippen LogP contribution in [-0.4, -0.2) is 4.98 Å². The molecule has 2 rings (SSSR count). The molecule has 0 amide bonds. The maximum Gasteiger partial charge on any atom is 0.0705 e. The summed E-state index contributed by atoms with van der Waals surface area (Å²) in [6.07, 6.45) is 3.90. The number of fused-ring (bicyclic) bond motifs is 1. The topological polar surface area (TPSA) is 12.9 Å². The number of aryl methyl sites for hydroxylation is 1. The summed E-state index contributed by atoms with van der Waals surface area (Å²) < 4.78 is 0. The third kappa shape index (κ3) is 1.82. The van der Waals surface area contributed by atoms with Crippen molar-refractivity contribution in [3.63, 3.8) is 0 Å². The van der Waals surface area contributed by atoms with E-state index in [1.807, 2.05) is 24.3 Å². The van der Waals surface area contributed by atoms with Crippen LogP contribution in [0.15, 0.2) is 49.1 Å². The van der Waals surface area contributed by atoms with E-state index in [1.54, 1.807) is 0 Å². The molecular weight excluding hydrogens is 170 g/mol. The zero-order valence-corrected chi connectivity index (χ0v) is 8.11. The lowest BCUT2D eigenvalue weighted by Gasteiger charge is -2.00. The van der Waals surface area contributed by atoms with Crippen molar-refractivity contribution in [2.75, 3.05) is 0 Å². The van der Waals surface area contributed by atoms with Crippen LogP contribution < -0.4 is 0 Å². The average Bonchev–Trinajstić information content (AvgIpc) is 2.26. The normalized spacial score (nSPS) is 10.3. The van der Waals surface area contributed by atoms with E-state index in [0.717, 1.165) is 24.1 Å². The predicted molar refractivity (Wildman–Crippen MR) is 60.3 cm³/mol. The molecule has 1 aromatic carbocycles. The number of pyridine rings is 1. The van der Waals surface area contributed by atoms with Crippen LogP contribution in [-0.2, 0) is 6.42 Å². The van der Waals surface area contributed by atoms with Gasteiger partial charge in [-0.2, -0.15) is 0 Å². The smallest absolute Gasteiger partial charge is 0.0705 e. The molecule has 0 radical (unpaired) electrons. The van der Waals surface area contributed by atoms with Gasteiger partial charge in [0.15, 0.2) is 0 Å². The quantitative estimate of drug-likeness (QED) is 0.665. The number of hydrogen-bond acceptors (Lipinski definition) is 1. The number of rotatable bonds is 3. The molecule has 0 spiro atoms. The highest BCUT2D eigenvalue weighted by Crippen LogP contribution is 2.12. The first kappa shape index (κ1) is 8.95. The Hall–Kier alpha value is -1.63. The fourth-order valence-corrected chi connectivity index (χ4v) is 1.50. The summed E-state index contributed by atoms with van der Waals surface area (Å²) in [6.45, 7) is 3.71. The molecule has 0 fully saturated rings. The molecule has 0 unspecified atom stereocenters. The fourth-order valence-electron chi connectivity index (χ4n) is 1.50. The Bertz CT molecular complexity index is 446. The minimum atomic E-state index is 0.980. The van der Waals surface area contributed by atoms with Gasteiger partial charge in [0, 0.05) is 11.1 Å². The maximum absolute atomic E-state index is 4.56. The van der Waals surface area contributed by atoms with Crippen molar-refractivity contribution in [2.45, 2.75) is 12.8 Å². The molecular formula is C13H13N. The second-order valence-electron chi connectivity index (χ2n) is 3.32. The first-order valence-corrected chi connectivity index (χ1v) is 4.86. The van der Waals surface area contributed by atoms with Gasteiger partial charge in [0.2, 0.25) is 0 Å². The van der Waals surface area contributed by atoms with Crippen molar-refractivity contribution < 1.29 is 0 Å². The van der Waals surface area contributed by atoms with Gasteiger partial charge in [0.25, 0.3) is 0 Å². The second-order valence-corrected chi connectivity index (χ2v) is 3.32. The molecule has 1 nitrogen and oxygen atoms in total. The van der Waals surface area contributed by atoms with Crippen LogP contribution in [0.4, 0.5) is 0 Å². The minimum absolute atomic E-state index is 0.980. The first-order chi connectivity index (χ1) is 6.90. The lowest BCUT2D eigenvalue weighted by atomic mass is 10.1. The highest BCUT2D eigenvalue weighted by molar-refractivity contribution is 5.78. The van der Waals surface area contributed by atoms with Gasteiger partial charge in [0.1, 0.15) is 0 Å². The van der Waals surface area contributed by atoms with Crippen LogP contribution in [0.5, 0.6) is 0 Å². The third-order valence-corrected chi connectivity index (χ3v) is 2.26. The van der Waals surface area contributed by atoms with Crippen molar-refractivity contribution in [1.82, 2.24) is 4.98 Å². The fraction of sp³-hybridized carbons (Fsp3) is 0.154. The number of benzene rings is 1. The van der Waals surface area contributed by atoms with Gasteiger partial charge in [-0.25, -0.2) is 0 Å². The molecule has 1 aromatic heterocycles. The summed E-state index contributed by atoms with van der Waals surface area (Å²) in [5.74, 6) is 0. The van der Waals surface area contributed by atoms with Gasteiger partial charge >= 0.3 is 0 Å². The predicted octanol–water partition coefficient (Wildman–Crippen LogP) is 3.35. The van der Waals surface area contributed by atoms with E-state index >= 15 is 0 Å². The van der Waals surface area contributed by atoms with E-state index in [0.29, 0.717) is 0 Å². The van der Waals surface area contributed by atoms with Crippen molar-refractivity contribution in [3.05, 3.63) is 54.7 Å². The van der Waals surface area contributed by atoms with Gasteiger partial charge in [-0.3, -0.25) is 4.98 Å². The highest BCUT2D eigenvalue weighted by atomic mass is 14.7. The SMILES string of the molecule is C=CCCc1ccc2ccccc2n1. The molecule has 0 aliphatic heterocycles. The van der Waals surface area contributed by atoms with E-state index in [-0.39, 0.29) is 0 Å². The van der Waals surface area contributed by atoms with Crippen LogP contribution in [0, 0.1) is 0 Å². The standard InChI is InChI=1S/C13H13N/c1-2-3-7-12-10-9-11-6-4-5-8-13(11)14-12/h2,4-6,8-10H,1,3,7H2. The maximum atomic E-state index is 4.56. The summed E-state index contributed by atoms with van der Waals surface area (Å²) in [7, 11) is 0. The minimum Gasteiger partial charge on any atom is -0.253 e. The highest BCUT2D eigenvalue weighted by Gasteiger charge is 1.96. The number of hydrogen-bond donors (Lipinski definition) is 0. The van der Waals surface area contributed by atoms with Crippen LogP contribution in [0.3, 0.4) is 0 Å². The van der Waals surface area contributed by atoms with E-state index < -0.39 is 0 Å². The van der Waals surface area contributed by atoms with Crippen LogP contribution in [0.1, 0.15) is 12.1 Å². The molecule has 1 heteroatoms. The Morgan fingerprint density at radius 1 is 1.14 bits per heavy atom. The van der Waals surface area contributed by atoms with E-state index in [9.17, 15) is 0 Å². The number of aromatic nitrogens is 1. The Labute approximate surface area is 84.1 Å². The van der Waals surface area contributed by atoms with Gasteiger partial charge < -0.3 is 0 Å². The molecule has 0 aliphatic rings. The Morgan fingerprint density at radius 3 is 2.86 bits per heavy atom. The largest absolute Gasteiger partial charge is 0.253 e. The van der Waals surface area contributed by atoms with E-state index in [1.165, 1.54) is 5.39 Å². The summed E-state index contributed by atoms with van der Waals surface area (Å²) in [5, 5.41) is 1.20. The molecule has 1 heterocycles. The van der Waals surface area contributed by atoms with Crippen LogP contribution in [0.2, 0.25) is 0 Å². The van der Waals surface area contributed by atoms with Crippen molar-refractivity contribution in [2.24, 2.45) is 0 Å². The molecule has 14 heavy (non-hydrogen) atoms. The molecule has 2 aromatic rings. The van der Waals surface area contributed by atoms with Crippen LogP contribution in [0.25, 0.3) is 10.9 Å². The summed E-state index contributed by atoms with van der Waals surface area (Å²) in [5.41, 5.74) is 2.22. The van der Waals surface area contributed by atoms with Gasteiger partial charge in [-0.05, 0) is 25.0 Å². The van der Waals surface area contributed by atoms with Gasteiger partial charge in [0.05, 0.1) is 5.52 Å². The van der Waals surface area contributed by atoms with Crippen molar-refractivity contribution >= 4 is 10.9 Å². The molecule has 70 valence electrons. The lowest BCUT2D eigenvalue weighted by Crippen LogP contribution is -1.89. The zero-order chi connectivity index (χ0) is 9.80. The van der Waals surface area contributed by atoms with Crippen LogP contribution >= 0.6 is 0 Å². The van der Waals surface area contributed by atoms with Gasteiger partial charge in [-0.1, -0.05) is 30.3 Å². The molecule has 0 N–H and O–H groups in total. The zero-order valence-electron chi connectivity index (χ0n) is 8.11. The number of allylic oxidation sites excluding steroid dienone is 1. The van der Waals surface area contributed by atoms with Gasteiger partial charge in [-0.15, -0.1) is 6.58 Å². The monoisotopic (exact) mass is 183 g/mol. The van der Waals surface area contributed by atoms with Crippen molar-refractivity contribution in [3.8, 4) is 0 Å². The molecule has 0 bridgehead atoms.